The highest BCUT2D eigenvalue weighted by Crippen LogP contribution is 2.38. The van der Waals surface area contributed by atoms with E-state index in [1.54, 1.807) is 31.0 Å². The van der Waals surface area contributed by atoms with Crippen molar-refractivity contribution in [2.75, 3.05) is 31.9 Å². The minimum atomic E-state index is 0.535. The van der Waals surface area contributed by atoms with Crippen LogP contribution in [0.2, 0.25) is 60.3 Å². The number of fused-ring (bicyclic) bond motifs is 1. The van der Waals surface area contributed by atoms with Gasteiger partial charge >= 0.3 is 0 Å². The van der Waals surface area contributed by atoms with Crippen LogP contribution in [0.15, 0.2) is 262 Å². The van der Waals surface area contributed by atoms with Crippen molar-refractivity contribution < 1.29 is 0 Å². The molecule has 24 nitrogen and oxygen atoms in total. The van der Waals surface area contributed by atoms with Crippen LogP contribution >= 0.6 is 139 Å². The van der Waals surface area contributed by atoms with E-state index in [1.807, 2.05) is 288 Å². The second-order valence-corrected chi connectivity index (χ2v) is 36.9. The molecule has 0 spiro atoms. The maximum absolute atomic E-state index is 6.49. The van der Waals surface area contributed by atoms with E-state index in [1.165, 1.54) is 25.7 Å². The molecule has 1 aliphatic heterocycles. The average molecular weight is 2080 g/mol. The van der Waals surface area contributed by atoms with Gasteiger partial charge in [-0.1, -0.05) is 158 Å². The molecule has 19 rings (SSSR count). The molecule has 0 fully saturated rings. The number of rotatable bonds is 20. The zero-order chi connectivity index (χ0) is 97.6. The van der Waals surface area contributed by atoms with Gasteiger partial charge in [-0.2, -0.15) is 5.10 Å². The maximum Gasteiger partial charge on any atom is 0.165 e. The Bertz CT molecular complexity index is 6870. The summed E-state index contributed by atoms with van der Waals surface area (Å²) in [6, 6.07) is 61.7. The number of anilines is 12. The van der Waals surface area contributed by atoms with Gasteiger partial charge in [-0.25, -0.2) is 44.9 Å². The molecule has 0 atom stereocenters. The summed E-state index contributed by atoms with van der Waals surface area (Å²) in [5.74, 6) is 8.08. The molecule has 6 N–H and O–H groups in total. The lowest BCUT2D eigenvalue weighted by atomic mass is 10.1. The van der Waals surface area contributed by atoms with Crippen molar-refractivity contribution in [2.45, 2.75) is 99.7 Å². The monoisotopic (exact) mass is 2070 g/mol. The summed E-state index contributed by atoms with van der Waals surface area (Å²) < 4.78 is 12.2. The van der Waals surface area contributed by atoms with Crippen molar-refractivity contribution in [3.63, 3.8) is 0 Å². The standard InChI is InChI=1S/C20H21Cl2N5.C17H16Cl2N4.C17H15Cl2N3.3C16H14Cl2N4/c21-15-7-9-16(10-8-15)24-19-17(22)12-14(13-23-19)20-26-25-18-6-4-2-1-3-5-11-27(18)20;1-3-23-10-11(2)21-17(23)12-8-15(19)16(20-9-12)22-14-6-4-13(18)5-7-14;1-2-22-9-3-4-16(22)12-10-15(19)17(20-11-12)21-14-7-5-13(18)6-8-14;1-10-9-22(2)16(20-10)11-7-14(18)15(19-8-11)21-13-5-3-12(17)4-6-13;1-10-8-20-16(22(10)2)11-7-14(18)15(19-9-11)21-13-5-3-12(17)4-6-13;1-10-7-15(22(2)21-10)11-8-14(18)16(19-9-11)20-13-5-3-12(17)4-6-13/h7-10,12-13H,1-6,11H2,(H,23,24);4-10H,3H2,1-2H3,(H,20,22);3-11H,2H2,1H3,(H,20,21);2*3-9H,1-2H3,(H,19,21);3-9H,1-2H3,(H,19,20). The molecule has 18 aromatic rings. The molecular weight excluding hydrogens is 1990 g/mol. The van der Waals surface area contributed by atoms with E-state index in [0.29, 0.717) is 95.2 Å². The maximum atomic E-state index is 6.49. The lowest BCUT2D eigenvalue weighted by Gasteiger charge is -2.11. The van der Waals surface area contributed by atoms with Crippen LogP contribution in [0.5, 0.6) is 0 Å². The van der Waals surface area contributed by atoms with Gasteiger partial charge in [-0.3, -0.25) is 4.68 Å². The fraction of sp³-hybridized carbons (Fsp3) is 0.176. The molecule has 1 aliphatic rings. The molecule has 0 saturated heterocycles. The van der Waals surface area contributed by atoms with Gasteiger partial charge in [0.2, 0.25) is 0 Å². The van der Waals surface area contributed by atoms with E-state index in [4.69, 9.17) is 139 Å². The molecule has 0 saturated carbocycles. The Labute approximate surface area is 860 Å². The van der Waals surface area contributed by atoms with Crippen LogP contribution in [0.25, 0.3) is 68.1 Å². The highest BCUT2D eigenvalue weighted by Gasteiger charge is 2.21. The largest absolute Gasteiger partial charge is 0.348 e. The van der Waals surface area contributed by atoms with Gasteiger partial charge in [0, 0.05) is 218 Å². The van der Waals surface area contributed by atoms with E-state index in [0.717, 1.165) is 163 Å². The Hall–Kier alpha value is -12.2. The number of hydrogen-bond acceptors (Lipinski definition) is 18. The number of hydrogen-bond donors (Lipinski definition) is 6. The van der Waals surface area contributed by atoms with Gasteiger partial charge < -0.3 is 54.7 Å². The third-order valence-corrected chi connectivity index (χ3v) is 24.8. The Morgan fingerprint density at radius 1 is 0.312 bits per heavy atom. The van der Waals surface area contributed by atoms with Crippen molar-refractivity contribution in [1.29, 1.82) is 0 Å². The van der Waals surface area contributed by atoms with Crippen molar-refractivity contribution in [2.24, 2.45) is 21.1 Å². The summed E-state index contributed by atoms with van der Waals surface area (Å²) in [5.41, 5.74) is 16.8. The van der Waals surface area contributed by atoms with Gasteiger partial charge in [0.05, 0.1) is 52.9 Å². The number of imidazole rings is 3. The third-order valence-electron chi connectivity index (χ3n) is 21.5. The van der Waals surface area contributed by atoms with Crippen molar-refractivity contribution >= 4 is 208 Å². The van der Waals surface area contributed by atoms with Crippen molar-refractivity contribution in [3.8, 4) is 68.1 Å². The highest BCUT2D eigenvalue weighted by atomic mass is 35.5. The van der Waals surface area contributed by atoms with Gasteiger partial charge in [-0.15, -0.1) is 10.2 Å². The Balaban J connectivity index is 0.000000132. The molecule has 36 heteroatoms. The minimum absolute atomic E-state index is 0.535. The van der Waals surface area contributed by atoms with Crippen LogP contribution < -0.4 is 31.9 Å². The number of pyridine rings is 6. The first-order valence-corrected chi connectivity index (χ1v) is 48.3. The number of nitrogens with zero attached hydrogens (tertiary/aromatic N) is 18. The molecule has 0 aliphatic carbocycles. The number of halogens is 12. The molecule has 138 heavy (non-hydrogen) atoms. The first-order valence-electron chi connectivity index (χ1n) is 43.8. The Morgan fingerprint density at radius 3 is 0.993 bits per heavy atom. The van der Waals surface area contributed by atoms with Crippen LogP contribution in [0.3, 0.4) is 0 Å². The van der Waals surface area contributed by atoms with E-state index in [9.17, 15) is 0 Å². The van der Waals surface area contributed by atoms with Gasteiger partial charge in [0.25, 0.3) is 0 Å². The third kappa shape index (κ3) is 27.6. The average Bonchev–Trinajstić information content (AvgIpc) is 1.64. The van der Waals surface area contributed by atoms with Gasteiger partial charge in [0.15, 0.2) is 5.82 Å². The molecule has 706 valence electrons. The molecule has 0 bridgehead atoms. The van der Waals surface area contributed by atoms with Crippen LogP contribution in [-0.4, -0.2) is 87.7 Å². The summed E-state index contributed by atoms with van der Waals surface area (Å²) in [5, 5.41) is 39.7. The van der Waals surface area contributed by atoms with Crippen molar-refractivity contribution in [3.05, 3.63) is 351 Å². The second kappa shape index (κ2) is 48.4. The SMILES string of the molecule is CCn1cc(C)nc1-c1cnc(Nc2ccc(Cl)cc2)c(Cl)c1.CCn1cccc1-c1cnc(Nc2ccc(Cl)cc2)c(Cl)c1.Cc1cc(-c2cnc(Nc3ccc(Cl)cc3)c(Cl)c2)n(C)n1.Cc1cn(C)c(-c2cnc(Nc3ccc(Cl)cc3)c(Cl)c2)n1.Cc1cnc(-c2cnc(Nc3ccc(Cl)cc3)c(Cl)c2)n1C.Clc1ccc(Nc2ncc(-c3nnc4n3CCCCCCC4)cc2Cl)cc1. The highest BCUT2D eigenvalue weighted by molar-refractivity contribution is 6.36. The topological polar surface area (TPSA) is 256 Å². The van der Waals surface area contributed by atoms with Crippen LogP contribution in [-0.2, 0) is 47.2 Å². The molecule has 0 unspecified atom stereocenters. The van der Waals surface area contributed by atoms with E-state index < -0.39 is 0 Å². The van der Waals surface area contributed by atoms with Crippen LogP contribution in [0.1, 0.15) is 74.6 Å². The molecule has 12 aromatic heterocycles. The summed E-state index contributed by atoms with van der Waals surface area (Å²) in [6.07, 6.45) is 25.6. The first kappa shape index (κ1) is 102. The summed E-state index contributed by atoms with van der Waals surface area (Å²) in [6.45, 7) is 14.8. The summed E-state index contributed by atoms with van der Waals surface area (Å²) in [7, 11) is 5.81. The van der Waals surface area contributed by atoms with Crippen molar-refractivity contribution in [1.82, 2.24) is 87.7 Å². The molecule has 13 heterocycles. The fourth-order valence-corrected chi connectivity index (χ4v) is 16.6. The molecule has 0 amide bonds. The predicted molar refractivity (Wildman–Crippen MR) is 571 cm³/mol. The normalized spacial score (nSPS) is 11.5. The number of benzene rings is 6. The van der Waals surface area contributed by atoms with Crippen LogP contribution in [0.4, 0.5) is 69.0 Å². The number of aromatic nitrogens is 18. The summed E-state index contributed by atoms with van der Waals surface area (Å²) >= 11 is 73.5. The number of nitrogens with one attached hydrogen (secondary N) is 6. The lowest BCUT2D eigenvalue weighted by Crippen LogP contribution is -2.05. The first-order chi connectivity index (χ1) is 66.5. The van der Waals surface area contributed by atoms with Gasteiger partial charge in [0.1, 0.15) is 58.2 Å². The van der Waals surface area contributed by atoms with E-state index in [-0.39, 0.29) is 0 Å². The molecule has 0 radical (unpaired) electrons. The zero-order valence-electron chi connectivity index (χ0n) is 76.3. The summed E-state index contributed by atoms with van der Waals surface area (Å²) in [4.78, 5) is 40.0. The quantitative estimate of drug-likeness (QED) is 0.0414. The lowest BCUT2D eigenvalue weighted by molar-refractivity contribution is 0.587. The van der Waals surface area contributed by atoms with E-state index in [2.05, 4.69) is 126 Å². The van der Waals surface area contributed by atoms with Gasteiger partial charge in [-0.05, 0) is 255 Å². The molecule has 6 aromatic carbocycles. The van der Waals surface area contributed by atoms with E-state index >= 15 is 0 Å². The Morgan fingerprint density at radius 2 is 0.645 bits per heavy atom. The second-order valence-electron chi connectivity index (χ2n) is 31.8. The molecular formula is C102H94Cl12N24. The Kier molecular flexibility index (Phi) is 35.6. The predicted octanol–water partition coefficient (Wildman–Crippen LogP) is 31.4. The fourth-order valence-electron chi connectivity index (χ4n) is 14.5. The zero-order valence-corrected chi connectivity index (χ0v) is 85.3. The van der Waals surface area contributed by atoms with Crippen LogP contribution in [0, 0.1) is 27.7 Å². The smallest absolute Gasteiger partial charge is 0.165 e. The minimum Gasteiger partial charge on any atom is -0.348 e. The number of aryl methyl sites for hydroxylation is 9.